The molecule has 0 aliphatic carbocycles. The van der Waals surface area contributed by atoms with Crippen molar-refractivity contribution < 1.29 is 14.5 Å². The van der Waals surface area contributed by atoms with Crippen LogP contribution < -0.4 is 9.64 Å². The Morgan fingerprint density at radius 3 is 2.50 bits per heavy atom. The van der Waals surface area contributed by atoms with Crippen LogP contribution in [-0.4, -0.2) is 15.8 Å². The second-order valence-corrected chi connectivity index (χ2v) is 6.19. The number of hydrogen-bond donors (Lipinski definition) is 0. The molecule has 0 saturated carbocycles. The molecule has 0 N–H and O–H groups in total. The molecule has 0 fully saturated rings. The highest BCUT2D eigenvalue weighted by Gasteiger charge is 2.17. The summed E-state index contributed by atoms with van der Waals surface area (Å²) in [5, 5.41) is 13.0. The third-order valence-corrected chi connectivity index (χ3v) is 4.37. The Morgan fingerprint density at radius 2 is 1.88 bits per heavy atom. The smallest absolute Gasteiger partial charge is 0.269 e. The van der Waals surface area contributed by atoms with Crippen LogP contribution in [0.5, 0.6) is 5.75 Å². The van der Waals surface area contributed by atoms with Gasteiger partial charge in [0.15, 0.2) is 5.13 Å². The summed E-state index contributed by atoms with van der Waals surface area (Å²) in [6.07, 6.45) is 0. The molecule has 0 atom stereocenters. The van der Waals surface area contributed by atoms with Crippen molar-refractivity contribution >= 4 is 33.8 Å². The summed E-state index contributed by atoms with van der Waals surface area (Å²) in [4.78, 5) is 28.2. The molecule has 26 heavy (non-hydrogen) atoms. The summed E-state index contributed by atoms with van der Waals surface area (Å²) < 4.78 is 5.60. The number of para-hydroxylation sites is 1. The maximum absolute atomic E-state index is 12.0. The molecule has 0 aliphatic rings. The number of amides is 1. The van der Waals surface area contributed by atoms with Crippen molar-refractivity contribution in [2.75, 3.05) is 4.90 Å². The Kier molecular flexibility index (Phi) is 5.23. The van der Waals surface area contributed by atoms with Crippen LogP contribution in [0.1, 0.15) is 12.6 Å². The van der Waals surface area contributed by atoms with Gasteiger partial charge in [-0.05, 0) is 24.3 Å². The van der Waals surface area contributed by atoms with Crippen LogP contribution in [0.3, 0.4) is 0 Å². The molecule has 0 spiro atoms. The Bertz CT molecular complexity index is 910. The number of carbonyl (C=O) groups excluding carboxylic acids is 1. The van der Waals surface area contributed by atoms with Crippen molar-refractivity contribution in [2.45, 2.75) is 13.5 Å². The lowest BCUT2D eigenvalue weighted by molar-refractivity contribution is -0.384. The van der Waals surface area contributed by atoms with Crippen LogP contribution >= 0.6 is 11.3 Å². The number of anilines is 2. The number of carbonyl (C=O) groups is 1. The highest BCUT2D eigenvalue weighted by molar-refractivity contribution is 7.14. The number of rotatable bonds is 6. The van der Waals surface area contributed by atoms with Crippen LogP contribution in [0.15, 0.2) is 60.0 Å². The first-order valence-corrected chi connectivity index (χ1v) is 8.60. The van der Waals surface area contributed by atoms with Gasteiger partial charge in [0, 0.05) is 24.4 Å². The van der Waals surface area contributed by atoms with E-state index in [0.717, 1.165) is 5.69 Å². The molecule has 0 unspecified atom stereocenters. The predicted molar refractivity (Wildman–Crippen MR) is 98.8 cm³/mol. The molecule has 1 aromatic heterocycles. The van der Waals surface area contributed by atoms with Crippen molar-refractivity contribution in [3.05, 3.63) is 75.8 Å². The van der Waals surface area contributed by atoms with Gasteiger partial charge in [-0.25, -0.2) is 4.98 Å². The van der Waals surface area contributed by atoms with Gasteiger partial charge in [0.05, 0.1) is 16.3 Å². The van der Waals surface area contributed by atoms with Crippen LogP contribution in [-0.2, 0) is 11.4 Å². The van der Waals surface area contributed by atoms with E-state index in [1.54, 1.807) is 4.90 Å². The van der Waals surface area contributed by atoms with Gasteiger partial charge >= 0.3 is 0 Å². The summed E-state index contributed by atoms with van der Waals surface area (Å²) in [5.41, 5.74) is 1.43. The van der Waals surface area contributed by atoms with Crippen molar-refractivity contribution in [1.29, 1.82) is 0 Å². The maximum atomic E-state index is 12.0. The number of benzene rings is 2. The van der Waals surface area contributed by atoms with Gasteiger partial charge in [0.25, 0.3) is 5.69 Å². The van der Waals surface area contributed by atoms with Crippen molar-refractivity contribution in [2.24, 2.45) is 0 Å². The average molecular weight is 369 g/mol. The number of nitro benzene ring substituents is 1. The first-order valence-electron chi connectivity index (χ1n) is 7.72. The molecule has 3 aromatic rings. The van der Waals surface area contributed by atoms with Gasteiger partial charge < -0.3 is 4.74 Å². The molecule has 3 rings (SSSR count). The molecule has 1 amide bonds. The van der Waals surface area contributed by atoms with Crippen molar-refractivity contribution in [3.63, 3.8) is 0 Å². The lowest BCUT2D eigenvalue weighted by atomic mass is 10.3. The zero-order valence-corrected chi connectivity index (χ0v) is 14.7. The molecular formula is C18H15N3O4S. The van der Waals surface area contributed by atoms with Crippen molar-refractivity contribution in [1.82, 2.24) is 4.98 Å². The highest BCUT2D eigenvalue weighted by Crippen LogP contribution is 2.29. The summed E-state index contributed by atoms with van der Waals surface area (Å²) >= 11 is 1.35. The molecule has 7 nitrogen and oxygen atoms in total. The van der Waals surface area contributed by atoms with Crippen LogP contribution in [0.25, 0.3) is 0 Å². The molecule has 2 aromatic carbocycles. The Hall–Kier alpha value is -3.26. The number of hydrogen-bond acceptors (Lipinski definition) is 6. The quantitative estimate of drug-likeness (QED) is 0.477. The zero-order valence-electron chi connectivity index (χ0n) is 13.9. The normalized spacial score (nSPS) is 10.3. The standard InChI is InChI=1S/C18H15N3O4S/c1-13(22)20(15-5-3-2-4-6-15)18-19-14(12-26-18)11-25-17-9-7-16(8-10-17)21(23)24/h2-10,12H,11H2,1H3. The topological polar surface area (TPSA) is 85.6 Å². The molecule has 0 radical (unpaired) electrons. The van der Waals surface area contributed by atoms with E-state index in [-0.39, 0.29) is 18.2 Å². The minimum absolute atomic E-state index is 0.00764. The summed E-state index contributed by atoms with van der Waals surface area (Å²) in [6, 6.07) is 15.1. The Balaban J connectivity index is 1.70. The lowest BCUT2D eigenvalue weighted by Crippen LogP contribution is -2.22. The van der Waals surface area contributed by atoms with Gasteiger partial charge in [-0.3, -0.25) is 19.8 Å². The monoisotopic (exact) mass is 369 g/mol. The van der Waals surface area contributed by atoms with E-state index in [1.807, 2.05) is 35.7 Å². The largest absolute Gasteiger partial charge is 0.487 e. The van der Waals surface area contributed by atoms with Crippen LogP contribution in [0.2, 0.25) is 0 Å². The van der Waals surface area contributed by atoms with Crippen molar-refractivity contribution in [3.8, 4) is 5.75 Å². The molecule has 0 aliphatic heterocycles. The SMILES string of the molecule is CC(=O)N(c1ccccc1)c1nc(COc2ccc([N+](=O)[O-])cc2)cs1. The summed E-state index contributed by atoms with van der Waals surface area (Å²) in [5.74, 6) is 0.380. The van der Waals surface area contributed by atoms with Crippen LogP contribution in [0, 0.1) is 10.1 Å². The number of ether oxygens (including phenoxy) is 1. The molecule has 132 valence electrons. The van der Waals surface area contributed by atoms with Gasteiger partial charge in [0.2, 0.25) is 5.91 Å². The van der Waals surface area contributed by atoms with E-state index in [4.69, 9.17) is 4.74 Å². The highest BCUT2D eigenvalue weighted by atomic mass is 32.1. The number of aromatic nitrogens is 1. The van der Waals surface area contributed by atoms with E-state index in [2.05, 4.69) is 4.98 Å². The number of nitro groups is 1. The second-order valence-electron chi connectivity index (χ2n) is 5.35. The minimum Gasteiger partial charge on any atom is -0.487 e. The second kappa shape index (κ2) is 7.75. The average Bonchev–Trinajstić information content (AvgIpc) is 3.09. The molecule has 8 heteroatoms. The molecule has 0 bridgehead atoms. The first kappa shape index (κ1) is 17.6. The van der Waals surface area contributed by atoms with E-state index >= 15 is 0 Å². The summed E-state index contributed by atoms with van der Waals surface area (Å²) in [7, 11) is 0. The molecular weight excluding hydrogens is 354 g/mol. The fourth-order valence-corrected chi connectivity index (χ4v) is 3.16. The molecule has 0 saturated heterocycles. The van der Waals surface area contributed by atoms with Crippen LogP contribution in [0.4, 0.5) is 16.5 Å². The maximum Gasteiger partial charge on any atom is 0.269 e. The summed E-state index contributed by atoms with van der Waals surface area (Å²) in [6.45, 7) is 1.69. The third-order valence-electron chi connectivity index (χ3n) is 3.49. The lowest BCUT2D eigenvalue weighted by Gasteiger charge is -2.17. The fourth-order valence-electron chi connectivity index (χ4n) is 2.29. The number of non-ortho nitro benzene ring substituents is 1. The Morgan fingerprint density at radius 1 is 1.19 bits per heavy atom. The number of nitrogens with zero attached hydrogens (tertiary/aromatic N) is 3. The third kappa shape index (κ3) is 4.04. The van der Waals surface area contributed by atoms with E-state index in [0.29, 0.717) is 16.6 Å². The first-order chi connectivity index (χ1) is 12.5. The molecule has 1 heterocycles. The van der Waals surface area contributed by atoms with E-state index in [9.17, 15) is 14.9 Å². The fraction of sp³-hybridized carbons (Fsp3) is 0.111. The zero-order chi connectivity index (χ0) is 18.5. The van der Waals surface area contributed by atoms with Gasteiger partial charge in [-0.2, -0.15) is 0 Å². The van der Waals surface area contributed by atoms with E-state index < -0.39 is 4.92 Å². The minimum atomic E-state index is -0.462. The Labute approximate surface area is 153 Å². The predicted octanol–water partition coefficient (Wildman–Crippen LogP) is 4.31. The van der Waals surface area contributed by atoms with Gasteiger partial charge in [-0.15, -0.1) is 11.3 Å². The van der Waals surface area contributed by atoms with E-state index in [1.165, 1.54) is 42.5 Å². The van der Waals surface area contributed by atoms with Gasteiger partial charge in [-0.1, -0.05) is 18.2 Å². The van der Waals surface area contributed by atoms with Gasteiger partial charge in [0.1, 0.15) is 12.4 Å². The number of thiazole rings is 1.